The van der Waals surface area contributed by atoms with Crippen LogP contribution >= 0.6 is 0 Å². The number of aryl methyl sites for hydroxylation is 2. The lowest BCUT2D eigenvalue weighted by Gasteiger charge is -2.24. The number of aromatic nitrogens is 2. The maximum Gasteiger partial charge on any atom is 0.242 e. The van der Waals surface area contributed by atoms with Gasteiger partial charge in [-0.1, -0.05) is 18.2 Å². The molecular weight excluding hydrogens is 306 g/mol. The molecule has 1 aliphatic rings. The average molecular weight is 329 g/mol. The number of nitrogens with zero attached hydrogens (tertiary/aromatic N) is 3. The summed E-state index contributed by atoms with van der Waals surface area (Å²) in [6, 6.07) is 7.71. The molecule has 1 saturated heterocycles. The molecule has 1 aliphatic heterocycles. The second kappa shape index (κ2) is 6.65. The van der Waals surface area contributed by atoms with E-state index in [-0.39, 0.29) is 19.1 Å². The zero-order valence-corrected chi connectivity index (χ0v) is 14.1. The van der Waals surface area contributed by atoms with Crippen LogP contribution in [0.4, 0.5) is 0 Å². The Morgan fingerprint density at radius 1 is 1.38 bits per heavy atom. The first-order chi connectivity index (χ1) is 11.5. The highest BCUT2D eigenvalue weighted by atomic mass is 16.5. The van der Waals surface area contributed by atoms with Crippen molar-refractivity contribution in [2.45, 2.75) is 32.4 Å². The minimum absolute atomic E-state index is 0.0112. The molecule has 1 fully saturated rings. The number of aliphatic hydroxyl groups is 1. The van der Waals surface area contributed by atoms with Crippen molar-refractivity contribution in [3.63, 3.8) is 0 Å². The van der Waals surface area contributed by atoms with Gasteiger partial charge in [0.25, 0.3) is 0 Å². The highest BCUT2D eigenvalue weighted by Gasteiger charge is 2.39. The molecule has 1 unspecified atom stereocenters. The molecule has 3 rings (SSSR count). The van der Waals surface area contributed by atoms with E-state index in [0.29, 0.717) is 19.5 Å². The largest absolute Gasteiger partial charge is 0.490 e. The zero-order chi connectivity index (χ0) is 17.2. The van der Waals surface area contributed by atoms with E-state index >= 15 is 0 Å². The van der Waals surface area contributed by atoms with Crippen LogP contribution in [-0.2, 0) is 11.3 Å². The Morgan fingerprint density at radius 2 is 2.17 bits per heavy atom. The van der Waals surface area contributed by atoms with E-state index in [1.807, 2.05) is 42.7 Å². The zero-order valence-electron chi connectivity index (χ0n) is 14.1. The third-order valence-electron chi connectivity index (χ3n) is 4.50. The molecule has 128 valence electrons. The van der Waals surface area contributed by atoms with Crippen molar-refractivity contribution >= 4 is 5.91 Å². The average Bonchev–Trinajstić information content (AvgIpc) is 3.14. The van der Waals surface area contributed by atoms with Crippen molar-refractivity contribution in [3.05, 3.63) is 48.0 Å². The molecule has 2 heterocycles. The number of imidazole rings is 1. The first kappa shape index (κ1) is 16.5. The van der Waals surface area contributed by atoms with Crippen molar-refractivity contribution in [2.24, 2.45) is 0 Å². The van der Waals surface area contributed by atoms with E-state index in [9.17, 15) is 9.90 Å². The summed E-state index contributed by atoms with van der Waals surface area (Å²) in [6.07, 6.45) is 3.99. The lowest BCUT2D eigenvalue weighted by atomic mass is 10.1. The topological polar surface area (TPSA) is 67.6 Å². The van der Waals surface area contributed by atoms with Crippen LogP contribution in [0.15, 0.2) is 36.7 Å². The lowest BCUT2D eigenvalue weighted by molar-refractivity contribution is -0.132. The van der Waals surface area contributed by atoms with Crippen LogP contribution in [0.5, 0.6) is 5.75 Å². The molecule has 1 aromatic carbocycles. The van der Waals surface area contributed by atoms with Crippen LogP contribution in [-0.4, -0.2) is 50.8 Å². The molecule has 1 atom stereocenters. The smallest absolute Gasteiger partial charge is 0.242 e. The minimum atomic E-state index is -0.998. The summed E-state index contributed by atoms with van der Waals surface area (Å²) in [5.41, 5.74) is 0.0321. The van der Waals surface area contributed by atoms with Crippen LogP contribution in [0.3, 0.4) is 0 Å². The number of hydrogen-bond acceptors (Lipinski definition) is 4. The SMILES string of the molecule is Cc1ccccc1OCC1(O)CCN(C(=O)Cn2ccnc2C)C1. The van der Waals surface area contributed by atoms with Gasteiger partial charge in [0.15, 0.2) is 0 Å². The normalized spacial score (nSPS) is 20.4. The van der Waals surface area contributed by atoms with Gasteiger partial charge in [-0.3, -0.25) is 4.79 Å². The van der Waals surface area contributed by atoms with Gasteiger partial charge in [-0.2, -0.15) is 0 Å². The Hall–Kier alpha value is -2.34. The number of likely N-dealkylation sites (tertiary alicyclic amines) is 1. The molecule has 1 amide bonds. The van der Waals surface area contributed by atoms with E-state index < -0.39 is 5.60 Å². The van der Waals surface area contributed by atoms with Crippen molar-refractivity contribution in [3.8, 4) is 5.75 Å². The van der Waals surface area contributed by atoms with E-state index in [0.717, 1.165) is 17.1 Å². The molecule has 0 aliphatic carbocycles. The molecule has 24 heavy (non-hydrogen) atoms. The van der Waals surface area contributed by atoms with Gasteiger partial charge in [0.1, 0.15) is 30.3 Å². The highest BCUT2D eigenvalue weighted by molar-refractivity contribution is 5.76. The highest BCUT2D eigenvalue weighted by Crippen LogP contribution is 2.24. The van der Waals surface area contributed by atoms with Gasteiger partial charge in [0.2, 0.25) is 5.91 Å². The van der Waals surface area contributed by atoms with Gasteiger partial charge in [0.05, 0.1) is 6.54 Å². The molecule has 1 aromatic heterocycles. The van der Waals surface area contributed by atoms with Gasteiger partial charge in [-0.25, -0.2) is 4.98 Å². The predicted molar refractivity (Wildman–Crippen MR) is 89.8 cm³/mol. The van der Waals surface area contributed by atoms with Crippen molar-refractivity contribution < 1.29 is 14.6 Å². The third kappa shape index (κ3) is 3.59. The number of ether oxygens (including phenoxy) is 1. The summed E-state index contributed by atoms with van der Waals surface area (Å²) in [5.74, 6) is 1.56. The molecule has 0 saturated carbocycles. The predicted octanol–water partition coefficient (Wildman–Crippen LogP) is 1.54. The van der Waals surface area contributed by atoms with Gasteiger partial charge in [-0.15, -0.1) is 0 Å². The number of hydrogen-bond donors (Lipinski definition) is 1. The van der Waals surface area contributed by atoms with Crippen LogP contribution in [0.1, 0.15) is 17.8 Å². The third-order valence-corrected chi connectivity index (χ3v) is 4.50. The maximum atomic E-state index is 12.4. The molecule has 0 bridgehead atoms. The van der Waals surface area contributed by atoms with E-state index in [1.54, 1.807) is 17.3 Å². The Balaban J connectivity index is 1.56. The fourth-order valence-corrected chi connectivity index (χ4v) is 2.93. The number of rotatable bonds is 5. The fraction of sp³-hybridized carbons (Fsp3) is 0.444. The van der Waals surface area contributed by atoms with Gasteiger partial charge in [-0.05, 0) is 31.9 Å². The van der Waals surface area contributed by atoms with Crippen molar-refractivity contribution in [1.29, 1.82) is 0 Å². The van der Waals surface area contributed by atoms with Crippen LogP contribution in [0, 0.1) is 13.8 Å². The summed E-state index contributed by atoms with van der Waals surface area (Å²) in [4.78, 5) is 18.2. The van der Waals surface area contributed by atoms with Crippen LogP contribution in [0.25, 0.3) is 0 Å². The van der Waals surface area contributed by atoms with E-state index in [2.05, 4.69) is 4.98 Å². The number of para-hydroxylation sites is 1. The summed E-state index contributed by atoms with van der Waals surface area (Å²) in [7, 11) is 0. The maximum absolute atomic E-state index is 12.4. The quantitative estimate of drug-likeness (QED) is 0.903. The van der Waals surface area contributed by atoms with Gasteiger partial charge in [0, 0.05) is 18.9 Å². The number of amides is 1. The molecule has 6 nitrogen and oxygen atoms in total. The molecule has 0 radical (unpaired) electrons. The summed E-state index contributed by atoms with van der Waals surface area (Å²) in [6.45, 7) is 5.11. The fourth-order valence-electron chi connectivity index (χ4n) is 2.93. The molecular formula is C18H23N3O3. The van der Waals surface area contributed by atoms with Crippen molar-refractivity contribution in [1.82, 2.24) is 14.5 Å². The minimum Gasteiger partial charge on any atom is -0.490 e. The summed E-state index contributed by atoms with van der Waals surface area (Å²) >= 11 is 0. The molecule has 0 spiro atoms. The Labute approximate surface area is 141 Å². The van der Waals surface area contributed by atoms with Crippen LogP contribution in [0.2, 0.25) is 0 Å². The summed E-state index contributed by atoms with van der Waals surface area (Å²) in [5, 5.41) is 10.7. The van der Waals surface area contributed by atoms with Crippen molar-refractivity contribution in [2.75, 3.05) is 19.7 Å². The van der Waals surface area contributed by atoms with E-state index in [4.69, 9.17) is 4.74 Å². The molecule has 2 aromatic rings. The standard InChI is InChI=1S/C18H23N3O3/c1-14-5-3-4-6-16(14)24-13-18(23)7-9-21(12-18)17(22)11-20-10-8-19-15(20)2/h3-6,8,10,23H,7,9,11-13H2,1-2H3. The number of benzene rings is 1. The Morgan fingerprint density at radius 3 is 2.88 bits per heavy atom. The monoisotopic (exact) mass is 329 g/mol. The van der Waals surface area contributed by atoms with Crippen LogP contribution < -0.4 is 4.74 Å². The molecule has 1 N–H and O–H groups in total. The second-order valence-electron chi connectivity index (χ2n) is 6.45. The van der Waals surface area contributed by atoms with Gasteiger partial charge >= 0.3 is 0 Å². The Bertz CT molecular complexity index is 728. The van der Waals surface area contributed by atoms with E-state index in [1.165, 1.54) is 0 Å². The van der Waals surface area contributed by atoms with Gasteiger partial charge < -0.3 is 19.3 Å². The number of carbonyl (C=O) groups is 1. The Kier molecular flexibility index (Phi) is 4.57. The number of carbonyl (C=O) groups excluding carboxylic acids is 1. The lowest BCUT2D eigenvalue weighted by Crippen LogP contribution is -2.41. The molecule has 6 heteroatoms. The second-order valence-corrected chi connectivity index (χ2v) is 6.45. The number of β-amino-alcohol motifs (C(OH)–C–C–N with tert-alkyl or cyclic N) is 1. The summed E-state index contributed by atoms with van der Waals surface area (Å²) < 4.78 is 7.58. The first-order valence-electron chi connectivity index (χ1n) is 8.13. The first-order valence-corrected chi connectivity index (χ1v) is 8.13.